The number of hydrogen-bond acceptors (Lipinski definition) is 5. The minimum absolute atomic E-state index is 0.217. The van der Waals surface area contributed by atoms with E-state index in [0.717, 1.165) is 22.4 Å². The largest absolute Gasteiger partial charge is 0.343 e. The Labute approximate surface area is 199 Å². The first-order chi connectivity index (χ1) is 16.6. The van der Waals surface area contributed by atoms with Crippen molar-refractivity contribution in [2.45, 2.75) is 13.1 Å². The van der Waals surface area contributed by atoms with Crippen LogP contribution in [0.25, 0.3) is 11.0 Å². The monoisotopic (exact) mass is 470 g/mol. The highest BCUT2D eigenvalue weighted by Gasteiger charge is 2.17. The zero-order valence-electron chi connectivity index (χ0n) is 18.4. The van der Waals surface area contributed by atoms with E-state index in [2.05, 4.69) is 32.4 Å². The lowest BCUT2D eigenvalue weighted by Gasteiger charge is -2.10. The fraction of sp³-hybridized carbons (Fsp3) is 0.120. The Balaban J connectivity index is 1.32. The molecule has 2 amide bonds. The summed E-state index contributed by atoms with van der Waals surface area (Å²) in [6.45, 7) is 0.892. The van der Waals surface area contributed by atoms with E-state index in [4.69, 9.17) is 4.98 Å². The summed E-state index contributed by atoms with van der Waals surface area (Å²) >= 11 is 1.35. The van der Waals surface area contributed by atoms with Crippen LogP contribution in [0.15, 0.2) is 78.2 Å². The molecule has 2 aromatic carbocycles. The highest BCUT2D eigenvalue weighted by Crippen LogP contribution is 2.19. The topological polar surface area (TPSA) is 93.8 Å². The van der Waals surface area contributed by atoms with Crippen LogP contribution in [0.1, 0.15) is 31.5 Å². The summed E-state index contributed by atoms with van der Waals surface area (Å²) in [7, 11) is 1.68. The Hall–Kier alpha value is -4.24. The summed E-state index contributed by atoms with van der Waals surface area (Å²) in [6.07, 6.45) is 0. The molecule has 2 N–H and O–H groups in total. The van der Waals surface area contributed by atoms with Crippen molar-refractivity contribution in [2.24, 2.45) is 7.05 Å². The van der Waals surface area contributed by atoms with Crippen LogP contribution in [-0.4, -0.2) is 31.1 Å². The lowest BCUT2D eigenvalue weighted by Crippen LogP contribution is -2.25. The number of anilines is 1. The van der Waals surface area contributed by atoms with Gasteiger partial charge in [0.1, 0.15) is 11.6 Å². The van der Waals surface area contributed by atoms with Crippen molar-refractivity contribution in [1.82, 2.24) is 24.6 Å². The van der Waals surface area contributed by atoms with Gasteiger partial charge in [-0.05, 0) is 29.1 Å². The second-order valence-electron chi connectivity index (χ2n) is 7.74. The van der Waals surface area contributed by atoms with Gasteiger partial charge in [0.2, 0.25) is 0 Å². The molecule has 0 spiro atoms. The third-order valence-corrected chi connectivity index (χ3v) is 6.29. The van der Waals surface area contributed by atoms with Crippen LogP contribution in [0.3, 0.4) is 0 Å². The van der Waals surface area contributed by atoms with E-state index in [1.165, 1.54) is 16.0 Å². The summed E-state index contributed by atoms with van der Waals surface area (Å²) in [5, 5.41) is 11.8. The molecule has 0 aliphatic rings. The highest BCUT2D eigenvalue weighted by molar-refractivity contribution is 7.12. The first-order valence-electron chi connectivity index (χ1n) is 10.7. The second-order valence-corrected chi connectivity index (χ2v) is 8.69. The number of carbonyl (C=O) groups is 2. The van der Waals surface area contributed by atoms with Gasteiger partial charge in [0.05, 0.1) is 22.5 Å². The van der Waals surface area contributed by atoms with Gasteiger partial charge in [0.25, 0.3) is 11.8 Å². The number of carbonyl (C=O) groups excluding carboxylic acids is 2. The molecular formula is C25H22N6O2S. The third-order valence-electron chi connectivity index (χ3n) is 5.42. The molecule has 3 heterocycles. The highest BCUT2D eigenvalue weighted by atomic mass is 32.1. The first-order valence-corrected chi connectivity index (χ1v) is 11.6. The number of hydrogen-bond donors (Lipinski definition) is 2. The molecule has 5 aromatic rings. The van der Waals surface area contributed by atoms with Gasteiger partial charge in [0.15, 0.2) is 5.69 Å². The molecule has 0 aliphatic heterocycles. The summed E-state index contributed by atoms with van der Waals surface area (Å²) in [5.41, 5.74) is 3.25. The fourth-order valence-corrected chi connectivity index (χ4v) is 4.35. The molecule has 0 fully saturated rings. The molecule has 170 valence electrons. The Morgan fingerprint density at radius 2 is 1.76 bits per heavy atom. The number of amides is 2. The summed E-state index contributed by atoms with van der Waals surface area (Å²) in [6, 6.07) is 23.2. The van der Waals surface area contributed by atoms with Crippen molar-refractivity contribution >= 4 is 40.0 Å². The van der Waals surface area contributed by atoms with Crippen molar-refractivity contribution < 1.29 is 9.59 Å². The van der Waals surface area contributed by atoms with Crippen LogP contribution in [0, 0.1) is 0 Å². The standard InChI is InChI=1S/C25H22N6O2S/c1-30-22(28-25(33)21-12-7-13-34-21)14-19(29-30)24(32)26-15-23-27-18-10-5-6-11-20(18)31(23)16-17-8-3-2-4-9-17/h2-14H,15-16H2,1H3,(H,26,32)(H,28,33). The maximum Gasteiger partial charge on any atom is 0.272 e. The number of nitrogens with zero attached hydrogens (tertiary/aromatic N) is 4. The van der Waals surface area contributed by atoms with Gasteiger partial charge < -0.3 is 15.2 Å². The van der Waals surface area contributed by atoms with Gasteiger partial charge in [-0.3, -0.25) is 14.3 Å². The fourth-order valence-electron chi connectivity index (χ4n) is 3.73. The smallest absolute Gasteiger partial charge is 0.272 e. The maximum atomic E-state index is 12.8. The van der Waals surface area contributed by atoms with Crippen LogP contribution < -0.4 is 10.6 Å². The molecule has 9 heteroatoms. The van der Waals surface area contributed by atoms with Crippen molar-refractivity contribution in [3.63, 3.8) is 0 Å². The average molecular weight is 471 g/mol. The van der Waals surface area contributed by atoms with E-state index >= 15 is 0 Å². The minimum Gasteiger partial charge on any atom is -0.343 e. The van der Waals surface area contributed by atoms with Gasteiger partial charge in [0, 0.05) is 19.7 Å². The van der Waals surface area contributed by atoms with E-state index < -0.39 is 0 Å². The van der Waals surface area contributed by atoms with E-state index in [1.807, 2.05) is 53.9 Å². The number of nitrogens with one attached hydrogen (secondary N) is 2. The van der Waals surface area contributed by atoms with E-state index in [9.17, 15) is 9.59 Å². The molecule has 0 saturated heterocycles. The van der Waals surface area contributed by atoms with Crippen LogP contribution >= 0.6 is 11.3 Å². The Bertz CT molecular complexity index is 1450. The molecule has 0 bridgehead atoms. The molecule has 5 rings (SSSR count). The van der Waals surface area contributed by atoms with Crippen molar-refractivity contribution in [1.29, 1.82) is 0 Å². The Kier molecular flexibility index (Phi) is 5.92. The molecular weight excluding hydrogens is 448 g/mol. The predicted molar refractivity (Wildman–Crippen MR) is 132 cm³/mol. The summed E-state index contributed by atoms with van der Waals surface area (Å²) in [5.74, 6) is 0.616. The van der Waals surface area contributed by atoms with E-state index in [1.54, 1.807) is 19.2 Å². The van der Waals surface area contributed by atoms with Crippen LogP contribution in [0.2, 0.25) is 0 Å². The van der Waals surface area contributed by atoms with Crippen LogP contribution in [0.5, 0.6) is 0 Å². The molecule has 8 nitrogen and oxygen atoms in total. The normalized spacial score (nSPS) is 11.0. The van der Waals surface area contributed by atoms with Crippen molar-refractivity contribution in [2.75, 3.05) is 5.32 Å². The summed E-state index contributed by atoms with van der Waals surface area (Å²) < 4.78 is 3.58. The SMILES string of the molecule is Cn1nc(C(=O)NCc2nc3ccccc3n2Cc2ccccc2)cc1NC(=O)c1cccs1. The van der Waals surface area contributed by atoms with Crippen LogP contribution in [-0.2, 0) is 20.1 Å². The molecule has 3 aromatic heterocycles. The Morgan fingerprint density at radius 3 is 2.56 bits per heavy atom. The molecule has 0 atom stereocenters. The van der Waals surface area contributed by atoms with Crippen LogP contribution in [0.4, 0.5) is 5.82 Å². The lowest BCUT2D eigenvalue weighted by molar-refractivity contribution is 0.0943. The number of benzene rings is 2. The van der Waals surface area contributed by atoms with E-state index in [0.29, 0.717) is 17.2 Å². The van der Waals surface area contributed by atoms with E-state index in [-0.39, 0.29) is 24.1 Å². The molecule has 0 radical (unpaired) electrons. The number of thiophene rings is 1. The number of imidazole rings is 1. The van der Waals surface area contributed by atoms with Gasteiger partial charge in [-0.15, -0.1) is 11.3 Å². The zero-order chi connectivity index (χ0) is 23.5. The second kappa shape index (κ2) is 9.32. The number of aryl methyl sites for hydroxylation is 1. The van der Waals surface area contributed by atoms with Crippen molar-refractivity contribution in [3.05, 3.63) is 100 Å². The molecule has 0 saturated carbocycles. The minimum atomic E-state index is -0.342. The number of para-hydroxylation sites is 2. The summed E-state index contributed by atoms with van der Waals surface area (Å²) in [4.78, 5) is 30.5. The third kappa shape index (κ3) is 4.46. The molecule has 0 unspecified atom stereocenters. The number of fused-ring (bicyclic) bond motifs is 1. The molecule has 0 aliphatic carbocycles. The quantitative estimate of drug-likeness (QED) is 0.375. The maximum absolute atomic E-state index is 12.8. The Morgan fingerprint density at radius 1 is 0.971 bits per heavy atom. The van der Waals surface area contributed by atoms with Crippen molar-refractivity contribution in [3.8, 4) is 0 Å². The predicted octanol–water partition coefficient (Wildman–Crippen LogP) is 4.06. The van der Waals surface area contributed by atoms with Gasteiger partial charge in [-0.1, -0.05) is 48.5 Å². The van der Waals surface area contributed by atoms with Gasteiger partial charge >= 0.3 is 0 Å². The number of aromatic nitrogens is 4. The lowest BCUT2D eigenvalue weighted by atomic mass is 10.2. The molecule has 34 heavy (non-hydrogen) atoms. The van der Waals surface area contributed by atoms with Gasteiger partial charge in [-0.2, -0.15) is 5.10 Å². The first kappa shape index (κ1) is 21.6. The average Bonchev–Trinajstić information content (AvgIpc) is 3.59. The zero-order valence-corrected chi connectivity index (χ0v) is 19.2. The number of rotatable bonds is 7. The van der Waals surface area contributed by atoms with Gasteiger partial charge in [-0.25, -0.2) is 4.98 Å².